The third kappa shape index (κ3) is 4.86. The summed E-state index contributed by atoms with van der Waals surface area (Å²) >= 11 is 0. The normalized spacial score (nSPS) is 22.9. The molecule has 27 heavy (non-hydrogen) atoms. The number of ether oxygens (including phenoxy) is 2. The van der Waals surface area contributed by atoms with Crippen LogP contribution in [0.15, 0.2) is 30.3 Å². The summed E-state index contributed by atoms with van der Waals surface area (Å²) in [6.45, 7) is 3.76. The number of Topliss-reactive ketones (excluding diaryl/α,β-unsaturated/α-hetero) is 1. The van der Waals surface area contributed by atoms with Gasteiger partial charge in [-0.05, 0) is 24.3 Å². The first-order valence-electron chi connectivity index (χ1n) is 9.17. The van der Waals surface area contributed by atoms with Crippen LogP contribution in [-0.2, 0) is 25.7 Å². The van der Waals surface area contributed by atoms with E-state index in [1.54, 1.807) is 0 Å². The van der Waals surface area contributed by atoms with E-state index >= 15 is 0 Å². The fourth-order valence-electron chi connectivity index (χ4n) is 3.54. The minimum absolute atomic E-state index is 0.109. The monoisotopic (exact) mass is 376 g/mol. The summed E-state index contributed by atoms with van der Waals surface area (Å²) in [6.07, 6.45) is 0.864. The molecule has 0 radical (unpaired) electrons. The minimum Gasteiger partial charge on any atom is -0.468 e. The Morgan fingerprint density at radius 2 is 1.93 bits per heavy atom. The molecule has 0 aliphatic heterocycles. The molecule has 1 saturated carbocycles. The lowest BCUT2D eigenvalue weighted by Crippen LogP contribution is -2.58. The minimum atomic E-state index is -1.34. The maximum atomic E-state index is 13.1. The third-order valence-corrected chi connectivity index (χ3v) is 5.07. The van der Waals surface area contributed by atoms with Gasteiger partial charge < -0.3 is 20.5 Å². The molecule has 1 aromatic carbocycles. The number of nitrogens with two attached hydrogens (primary N) is 1. The number of esters is 1. The van der Waals surface area contributed by atoms with Crippen LogP contribution in [0.1, 0.15) is 38.7 Å². The number of benzene rings is 1. The van der Waals surface area contributed by atoms with Gasteiger partial charge in [0.15, 0.2) is 5.78 Å². The number of methoxy groups -OCH3 is 1. The predicted octanol–water partition coefficient (Wildman–Crippen LogP) is 2.18. The van der Waals surface area contributed by atoms with Gasteiger partial charge in [-0.15, -0.1) is 0 Å². The lowest BCUT2D eigenvalue weighted by Gasteiger charge is -2.31. The van der Waals surface area contributed by atoms with E-state index in [1.807, 2.05) is 44.2 Å². The van der Waals surface area contributed by atoms with E-state index in [9.17, 15) is 14.4 Å². The SMILES string of the molecule is COC(=O)C1(N)CCCC1C(=O)[C@H](NC(=O)OCc1ccccc1)C(C)C. The van der Waals surface area contributed by atoms with Gasteiger partial charge in [0.05, 0.1) is 13.2 Å². The van der Waals surface area contributed by atoms with Crippen molar-refractivity contribution in [3.05, 3.63) is 35.9 Å². The highest BCUT2D eigenvalue weighted by Gasteiger charge is 2.52. The van der Waals surface area contributed by atoms with Crippen LogP contribution in [-0.4, -0.2) is 36.5 Å². The molecule has 0 heterocycles. The molecule has 2 unspecified atom stereocenters. The summed E-state index contributed by atoms with van der Waals surface area (Å²) in [5.74, 6) is -1.71. The van der Waals surface area contributed by atoms with E-state index in [0.29, 0.717) is 19.3 Å². The fourth-order valence-corrected chi connectivity index (χ4v) is 3.54. The van der Waals surface area contributed by atoms with Crippen LogP contribution in [0.4, 0.5) is 4.79 Å². The van der Waals surface area contributed by atoms with Gasteiger partial charge in [-0.1, -0.05) is 50.6 Å². The number of rotatable bonds is 7. The molecule has 1 amide bonds. The van der Waals surface area contributed by atoms with Gasteiger partial charge in [0.1, 0.15) is 12.1 Å². The molecule has 7 nitrogen and oxygen atoms in total. The summed E-state index contributed by atoms with van der Waals surface area (Å²) in [5.41, 5.74) is 5.73. The lowest BCUT2D eigenvalue weighted by molar-refractivity contribution is -0.151. The largest absolute Gasteiger partial charge is 0.468 e. The second kappa shape index (κ2) is 8.99. The second-order valence-electron chi connectivity index (χ2n) is 7.31. The average Bonchev–Trinajstić information content (AvgIpc) is 3.06. The zero-order valence-corrected chi connectivity index (χ0v) is 16.1. The van der Waals surface area contributed by atoms with Crippen LogP contribution in [0, 0.1) is 11.8 Å². The van der Waals surface area contributed by atoms with Gasteiger partial charge in [-0.3, -0.25) is 9.59 Å². The Kier molecular flexibility index (Phi) is 6.96. The van der Waals surface area contributed by atoms with Crippen molar-refractivity contribution in [1.82, 2.24) is 5.32 Å². The van der Waals surface area contributed by atoms with Crippen molar-refractivity contribution in [3.8, 4) is 0 Å². The van der Waals surface area contributed by atoms with E-state index in [2.05, 4.69) is 5.32 Å². The van der Waals surface area contributed by atoms with E-state index < -0.39 is 29.6 Å². The molecule has 1 aliphatic carbocycles. The third-order valence-electron chi connectivity index (χ3n) is 5.07. The number of ketones is 1. The Hall–Kier alpha value is -2.41. The van der Waals surface area contributed by atoms with E-state index in [1.165, 1.54) is 7.11 Å². The first-order chi connectivity index (χ1) is 12.8. The van der Waals surface area contributed by atoms with Crippen molar-refractivity contribution in [1.29, 1.82) is 0 Å². The van der Waals surface area contributed by atoms with Crippen LogP contribution in [0.3, 0.4) is 0 Å². The van der Waals surface area contributed by atoms with Crippen molar-refractivity contribution in [2.45, 2.75) is 51.3 Å². The average molecular weight is 376 g/mol. The molecule has 3 N–H and O–H groups in total. The number of alkyl carbamates (subject to hydrolysis) is 1. The molecule has 0 bridgehead atoms. The zero-order chi connectivity index (χ0) is 20.0. The van der Waals surface area contributed by atoms with Crippen molar-refractivity contribution in [2.75, 3.05) is 7.11 Å². The highest BCUT2D eigenvalue weighted by atomic mass is 16.5. The highest BCUT2D eigenvalue weighted by molar-refractivity contribution is 5.96. The number of carbonyl (C=O) groups is 3. The number of carbonyl (C=O) groups excluding carboxylic acids is 3. The Morgan fingerprint density at radius 3 is 2.52 bits per heavy atom. The number of hydrogen-bond donors (Lipinski definition) is 2. The molecule has 3 atom stereocenters. The Balaban J connectivity index is 2.04. The molecule has 148 valence electrons. The van der Waals surface area contributed by atoms with Crippen molar-refractivity contribution in [3.63, 3.8) is 0 Å². The summed E-state index contributed by atoms with van der Waals surface area (Å²) in [4.78, 5) is 37.4. The molecular formula is C20H28N2O5. The zero-order valence-electron chi connectivity index (χ0n) is 16.1. The maximum Gasteiger partial charge on any atom is 0.408 e. The van der Waals surface area contributed by atoms with Crippen LogP contribution >= 0.6 is 0 Å². The van der Waals surface area contributed by atoms with Gasteiger partial charge >= 0.3 is 12.1 Å². The van der Waals surface area contributed by atoms with Gasteiger partial charge in [0, 0.05) is 5.92 Å². The van der Waals surface area contributed by atoms with Crippen LogP contribution in [0.2, 0.25) is 0 Å². The molecular weight excluding hydrogens is 348 g/mol. The Morgan fingerprint density at radius 1 is 1.26 bits per heavy atom. The number of nitrogens with one attached hydrogen (secondary N) is 1. The molecule has 0 saturated heterocycles. The fraction of sp³-hybridized carbons (Fsp3) is 0.550. The Bertz CT molecular complexity index is 676. The van der Waals surface area contributed by atoms with Gasteiger partial charge in [0.2, 0.25) is 0 Å². The number of hydrogen-bond acceptors (Lipinski definition) is 6. The summed E-state index contributed by atoms with van der Waals surface area (Å²) in [6, 6.07) is 8.48. The molecule has 0 spiro atoms. The van der Waals surface area contributed by atoms with Crippen LogP contribution in [0.25, 0.3) is 0 Å². The first kappa shape index (κ1) is 20.9. The molecule has 0 aromatic heterocycles. The quantitative estimate of drug-likeness (QED) is 0.706. The van der Waals surface area contributed by atoms with Crippen LogP contribution in [0.5, 0.6) is 0 Å². The molecule has 1 aliphatic rings. The number of amides is 1. The predicted molar refractivity (Wildman–Crippen MR) is 99.7 cm³/mol. The molecule has 2 rings (SSSR count). The van der Waals surface area contributed by atoms with Crippen molar-refractivity contribution < 1.29 is 23.9 Å². The molecule has 1 aromatic rings. The smallest absolute Gasteiger partial charge is 0.408 e. The Labute approximate surface area is 159 Å². The van der Waals surface area contributed by atoms with E-state index in [4.69, 9.17) is 15.2 Å². The van der Waals surface area contributed by atoms with Crippen molar-refractivity contribution in [2.24, 2.45) is 17.6 Å². The van der Waals surface area contributed by atoms with E-state index in [-0.39, 0.29) is 18.3 Å². The van der Waals surface area contributed by atoms with E-state index in [0.717, 1.165) is 5.56 Å². The summed E-state index contributed by atoms with van der Waals surface area (Å²) in [7, 11) is 1.26. The summed E-state index contributed by atoms with van der Waals surface area (Å²) < 4.78 is 10.0. The maximum absolute atomic E-state index is 13.1. The summed E-state index contributed by atoms with van der Waals surface area (Å²) in [5, 5.41) is 2.64. The standard InChI is InChI=1S/C20H28N2O5/c1-13(2)16(22-19(25)27-12-14-8-5-4-6-9-14)17(23)15-10-7-11-20(15,21)18(24)26-3/h4-6,8-9,13,15-16H,7,10-12,21H2,1-3H3,(H,22,25)/t15?,16-,20?/m1/s1. The van der Waals surface area contributed by atoms with Gasteiger partial charge in [0.25, 0.3) is 0 Å². The van der Waals surface area contributed by atoms with Crippen LogP contribution < -0.4 is 11.1 Å². The van der Waals surface area contributed by atoms with Gasteiger partial charge in [-0.25, -0.2) is 4.79 Å². The van der Waals surface area contributed by atoms with Crippen molar-refractivity contribution >= 4 is 17.8 Å². The topological polar surface area (TPSA) is 108 Å². The molecule has 1 fully saturated rings. The second-order valence-corrected chi connectivity index (χ2v) is 7.31. The lowest BCUT2D eigenvalue weighted by atomic mass is 9.80. The van der Waals surface area contributed by atoms with Gasteiger partial charge in [-0.2, -0.15) is 0 Å². The molecule has 7 heteroatoms. The first-order valence-corrected chi connectivity index (χ1v) is 9.17. The highest BCUT2D eigenvalue weighted by Crippen LogP contribution is 2.36.